The van der Waals surface area contributed by atoms with Crippen LogP contribution in [0.4, 0.5) is 0 Å². The number of carboxylic acids is 1. The molecule has 1 aromatic heterocycles. The van der Waals surface area contributed by atoms with Gasteiger partial charge in [-0.3, -0.25) is 0 Å². The molecule has 0 unspecified atom stereocenters. The first-order chi connectivity index (χ1) is 10.8. The monoisotopic (exact) mass is 354 g/mol. The van der Waals surface area contributed by atoms with Gasteiger partial charge in [0.05, 0.1) is 0 Å². The Bertz CT molecular complexity index is 605. The van der Waals surface area contributed by atoms with Gasteiger partial charge in [0.1, 0.15) is 6.73 Å². The number of carbonyl (C=O) groups is 1. The summed E-state index contributed by atoms with van der Waals surface area (Å²) in [6.45, 7) is 8.09. The third-order valence-corrected chi connectivity index (χ3v) is 8.18. The van der Waals surface area contributed by atoms with Crippen molar-refractivity contribution in [1.29, 1.82) is 0 Å². The molecule has 2 aliphatic rings. The summed E-state index contributed by atoms with van der Waals surface area (Å²) >= 11 is 1.99. The fraction of sp³-hybridized carbons (Fsp3) is 0.750. The molecule has 0 radical (unpaired) electrons. The molecule has 1 aliphatic heterocycles. The van der Waals surface area contributed by atoms with Crippen molar-refractivity contribution in [2.75, 3.05) is 18.1 Å². The number of aromatic carboxylic acids is 1. The second kappa shape index (κ2) is 6.26. The zero-order valence-electron chi connectivity index (χ0n) is 14.2. The van der Waals surface area contributed by atoms with Gasteiger partial charge < -0.3 is 9.84 Å². The van der Waals surface area contributed by atoms with Crippen molar-refractivity contribution in [3.63, 3.8) is 0 Å². The maximum absolute atomic E-state index is 11.5. The average Bonchev–Trinajstić information content (AvgIpc) is 2.79. The van der Waals surface area contributed by atoms with E-state index in [-0.39, 0.29) is 5.69 Å². The van der Waals surface area contributed by atoms with Crippen LogP contribution in [0.25, 0.3) is 0 Å². The van der Waals surface area contributed by atoms with Crippen molar-refractivity contribution in [3.8, 4) is 0 Å². The number of rotatable bonds is 6. The van der Waals surface area contributed by atoms with Crippen LogP contribution in [0.1, 0.15) is 28.2 Å². The van der Waals surface area contributed by atoms with E-state index in [2.05, 4.69) is 24.7 Å². The summed E-state index contributed by atoms with van der Waals surface area (Å²) in [4.78, 5) is 11.5. The second-order valence-electron chi connectivity index (χ2n) is 8.10. The number of nitrogens with zero attached hydrogens (tertiary/aromatic N) is 2. The molecule has 0 atom stereocenters. The molecule has 1 spiro atoms. The minimum Gasteiger partial charge on any atom is -0.476 e. The Morgan fingerprint density at radius 1 is 1.43 bits per heavy atom. The van der Waals surface area contributed by atoms with Crippen molar-refractivity contribution >= 4 is 25.8 Å². The quantitative estimate of drug-likeness (QED) is 0.628. The molecule has 5 nitrogen and oxygen atoms in total. The molecule has 1 saturated heterocycles. The highest BCUT2D eigenvalue weighted by Gasteiger charge is 2.43. The van der Waals surface area contributed by atoms with E-state index in [0.717, 1.165) is 43.2 Å². The largest absolute Gasteiger partial charge is 0.476 e. The predicted octanol–water partition coefficient (Wildman–Crippen LogP) is 3.12. The highest BCUT2D eigenvalue weighted by atomic mass is 32.2. The van der Waals surface area contributed by atoms with E-state index in [0.29, 0.717) is 12.1 Å². The summed E-state index contributed by atoms with van der Waals surface area (Å²) in [5, 5.41) is 13.8. The lowest BCUT2D eigenvalue weighted by molar-refractivity contribution is 0.0667. The molecule has 128 valence electrons. The van der Waals surface area contributed by atoms with E-state index in [1.807, 2.05) is 16.4 Å². The molecule has 1 fully saturated rings. The molecule has 1 aliphatic carbocycles. The predicted molar refractivity (Wildman–Crippen MR) is 95.1 cm³/mol. The number of thioether (sulfide) groups is 1. The molecular weight excluding hydrogens is 328 g/mol. The number of fused-ring (bicyclic) bond motifs is 1. The van der Waals surface area contributed by atoms with Crippen LogP contribution in [0.15, 0.2) is 0 Å². The van der Waals surface area contributed by atoms with E-state index in [1.165, 1.54) is 11.5 Å². The molecule has 0 aromatic carbocycles. The zero-order valence-corrected chi connectivity index (χ0v) is 16.0. The third-order valence-electron chi connectivity index (χ3n) is 4.84. The van der Waals surface area contributed by atoms with Gasteiger partial charge in [0, 0.05) is 37.4 Å². The van der Waals surface area contributed by atoms with Crippen molar-refractivity contribution in [2.24, 2.45) is 5.41 Å². The van der Waals surface area contributed by atoms with Gasteiger partial charge in [0.15, 0.2) is 5.69 Å². The molecule has 3 rings (SSSR count). The van der Waals surface area contributed by atoms with Gasteiger partial charge in [0.25, 0.3) is 0 Å². The fourth-order valence-corrected chi connectivity index (χ4v) is 5.30. The summed E-state index contributed by atoms with van der Waals surface area (Å²) in [5.41, 5.74) is 2.65. The van der Waals surface area contributed by atoms with Gasteiger partial charge in [-0.05, 0) is 30.7 Å². The minimum atomic E-state index is -1.11. The first kappa shape index (κ1) is 17.0. The van der Waals surface area contributed by atoms with Crippen molar-refractivity contribution in [1.82, 2.24) is 9.78 Å². The SMILES string of the molecule is C[Si](C)(C)CCOCn1nc(C(=O)O)c2c1CC1(CC2)CSC1. The minimum absolute atomic E-state index is 0.232. The number of aromatic nitrogens is 2. The lowest BCUT2D eigenvalue weighted by Crippen LogP contribution is -2.41. The van der Waals surface area contributed by atoms with Crippen LogP contribution in [0.3, 0.4) is 0 Å². The smallest absolute Gasteiger partial charge is 0.356 e. The topological polar surface area (TPSA) is 64.4 Å². The van der Waals surface area contributed by atoms with E-state index >= 15 is 0 Å². The number of hydrogen-bond donors (Lipinski definition) is 1. The maximum atomic E-state index is 11.5. The second-order valence-corrected chi connectivity index (χ2v) is 14.7. The molecule has 7 heteroatoms. The molecule has 2 heterocycles. The molecular formula is C16H26N2O3SSi. The summed E-state index contributed by atoms with van der Waals surface area (Å²) in [6, 6.07) is 1.11. The Morgan fingerprint density at radius 3 is 2.74 bits per heavy atom. The summed E-state index contributed by atoms with van der Waals surface area (Å²) < 4.78 is 7.62. The Kier molecular flexibility index (Phi) is 4.64. The highest BCUT2D eigenvalue weighted by Crippen LogP contribution is 2.48. The van der Waals surface area contributed by atoms with Crippen molar-refractivity contribution in [3.05, 3.63) is 17.0 Å². The molecule has 1 N–H and O–H groups in total. The van der Waals surface area contributed by atoms with Gasteiger partial charge in [0.2, 0.25) is 0 Å². The van der Waals surface area contributed by atoms with E-state index in [1.54, 1.807) is 0 Å². The molecule has 1 aromatic rings. The van der Waals surface area contributed by atoms with Gasteiger partial charge in [-0.1, -0.05) is 19.6 Å². The van der Waals surface area contributed by atoms with Crippen LogP contribution in [0.2, 0.25) is 25.7 Å². The third kappa shape index (κ3) is 3.66. The molecule has 0 saturated carbocycles. The van der Waals surface area contributed by atoms with E-state index in [4.69, 9.17) is 4.74 Å². The van der Waals surface area contributed by atoms with Crippen molar-refractivity contribution < 1.29 is 14.6 Å². The van der Waals surface area contributed by atoms with Crippen LogP contribution in [-0.4, -0.2) is 47.0 Å². The number of hydrogen-bond acceptors (Lipinski definition) is 4. The standard InChI is InChI=1S/C16H26N2O3SSi/c1-23(2,3)7-6-21-11-18-13-8-16(9-22-10-16)5-4-12(13)14(17-18)15(19)20/h4-11H2,1-3H3,(H,19,20). The number of ether oxygens (including phenoxy) is 1. The highest BCUT2D eigenvalue weighted by molar-refractivity contribution is 8.00. The average molecular weight is 355 g/mol. The van der Waals surface area contributed by atoms with Gasteiger partial charge in [-0.15, -0.1) is 0 Å². The Morgan fingerprint density at radius 2 is 2.17 bits per heavy atom. The summed E-state index contributed by atoms with van der Waals surface area (Å²) in [7, 11) is -1.11. The van der Waals surface area contributed by atoms with Crippen LogP contribution in [0.5, 0.6) is 0 Å². The molecule has 23 heavy (non-hydrogen) atoms. The van der Waals surface area contributed by atoms with Gasteiger partial charge >= 0.3 is 5.97 Å². The van der Waals surface area contributed by atoms with Gasteiger partial charge in [-0.25, -0.2) is 9.48 Å². The van der Waals surface area contributed by atoms with Crippen LogP contribution >= 0.6 is 11.8 Å². The van der Waals surface area contributed by atoms with Crippen LogP contribution in [0, 0.1) is 5.41 Å². The lowest BCUT2D eigenvalue weighted by atomic mass is 9.75. The Balaban J connectivity index is 1.73. The van der Waals surface area contributed by atoms with Crippen LogP contribution in [-0.2, 0) is 24.3 Å². The molecule has 0 bridgehead atoms. The lowest BCUT2D eigenvalue weighted by Gasteiger charge is -2.44. The Labute approximate surface area is 142 Å². The summed E-state index contributed by atoms with van der Waals surface area (Å²) in [5.74, 6) is 1.47. The van der Waals surface area contributed by atoms with E-state index < -0.39 is 14.0 Å². The first-order valence-electron chi connectivity index (χ1n) is 8.27. The normalized spacial score (nSPS) is 19.4. The zero-order chi connectivity index (χ0) is 16.7. The molecule has 0 amide bonds. The van der Waals surface area contributed by atoms with Crippen molar-refractivity contribution in [2.45, 2.75) is 51.7 Å². The van der Waals surface area contributed by atoms with Gasteiger partial charge in [-0.2, -0.15) is 16.9 Å². The van der Waals surface area contributed by atoms with E-state index in [9.17, 15) is 9.90 Å². The Hall–Kier alpha value is -0.793. The first-order valence-corrected chi connectivity index (χ1v) is 13.1. The fourth-order valence-electron chi connectivity index (χ4n) is 3.27. The summed E-state index contributed by atoms with van der Waals surface area (Å²) in [6.07, 6.45) is 2.88. The van der Waals surface area contributed by atoms with Crippen LogP contribution < -0.4 is 0 Å². The maximum Gasteiger partial charge on any atom is 0.356 e. The number of carboxylic acid groups (broad SMARTS) is 1.